The average Bonchev–Trinajstić information content (AvgIpc) is 3.06. The van der Waals surface area contributed by atoms with Gasteiger partial charge < -0.3 is 14.4 Å². The normalized spacial score (nSPS) is 10.8. The number of rotatable bonds is 9. The van der Waals surface area contributed by atoms with Crippen molar-refractivity contribution in [2.24, 2.45) is 5.10 Å². The number of nitrogens with one attached hydrogen (secondary N) is 1. The predicted octanol–water partition coefficient (Wildman–Crippen LogP) is 3.15. The predicted molar refractivity (Wildman–Crippen MR) is 104 cm³/mol. The van der Waals surface area contributed by atoms with Crippen molar-refractivity contribution >= 4 is 28.6 Å². The summed E-state index contributed by atoms with van der Waals surface area (Å²) in [6.45, 7) is 7.12. The molecule has 0 aliphatic rings. The van der Waals surface area contributed by atoms with Crippen molar-refractivity contribution in [3.63, 3.8) is 0 Å². The van der Waals surface area contributed by atoms with Crippen molar-refractivity contribution in [3.05, 3.63) is 34.8 Å². The molecule has 0 saturated carbocycles. The van der Waals surface area contributed by atoms with Crippen molar-refractivity contribution in [2.45, 2.75) is 20.8 Å². The second-order valence-corrected chi connectivity index (χ2v) is 6.29. The topological polar surface area (TPSA) is 76.1 Å². The molecular formula is C18H24N4O3S. The van der Waals surface area contributed by atoms with Crippen molar-refractivity contribution in [3.8, 4) is 11.5 Å². The van der Waals surface area contributed by atoms with Crippen LogP contribution in [0.5, 0.6) is 11.5 Å². The lowest BCUT2D eigenvalue weighted by molar-refractivity contribution is -0.132. The largest absolute Gasteiger partial charge is 0.493 e. The Labute approximate surface area is 157 Å². The van der Waals surface area contributed by atoms with Gasteiger partial charge in [-0.3, -0.25) is 10.2 Å². The molecule has 0 atom stereocenters. The number of amides is 1. The molecule has 0 aliphatic carbocycles. The van der Waals surface area contributed by atoms with Crippen LogP contribution in [-0.4, -0.2) is 48.8 Å². The molecule has 2 rings (SSSR count). The molecule has 0 unspecified atom stereocenters. The van der Waals surface area contributed by atoms with Gasteiger partial charge in [-0.25, -0.2) is 4.98 Å². The molecular weight excluding hydrogens is 352 g/mol. The van der Waals surface area contributed by atoms with Gasteiger partial charge in [-0.05, 0) is 44.5 Å². The van der Waals surface area contributed by atoms with Gasteiger partial charge in [-0.1, -0.05) is 0 Å². The summed E-state index contributed by atoms with van der Waals surface area (Å²) in [5, 5.41) is 6.85. The van der Waals surface area contributed by atoms with E-state index in [1.807, 2.05) is 32.2 Å². The molecule has 1 N–H and O–H groups in total. The van der Waals surface area contributed by atoms with E-state index in [0.717, 1.165) is 16.4 Å². The number of hydrogen-bond acceptors (Lipinski definition) is 7. The molecule has 0 aliphatic heterocycles. The standard InChI is InChI=1S/C18H24N4O3S/c1-5-22(6-2)17(23)11-25-15-8-7-14(9-16(15)24-4)10-19-21-18-20-13(3)12-26-18/h7-10,12H,5-6,11H2,1-4H3,(H,20,21). The van der Waals surface area contributed by atoms with E-state index < -0.39 is 0 Å². The van der Waals surface area contributed by atoms with Crippen molar-refractivity contribution in [1.29, 1.82) is 0 Å². The van der Waals surface area contributed by atoms with E-state index in [1.165, 1.54) is 11.3 Å². The summed E-state index contributed by atoms with van der Waals surface area (Å²) in [5.74, 6) is 1.02. The van der Waals surface area contributed by atoms with Gasteiger partial charge in [0, 0.05) is 18.5 Å². The van der Waals surface area contributed by atoms with E-state index >= 15 is 0 Å². The average molecular weight is 376 g/mol. The first kappa shape index (κ1) is 19.7. The minimum absolute atomic E-state index is 0.0174. The highest BCUT2D eigenvalue weighted by Crippen LogP contribution is 2.27. The highest BCUT2D eigenvalue weighted by molar-refractivity contribution is 7.13. The monoisotopic (exact) mass is 376 g/mol. The summed E-state index contributed by atoms with van der Waals surface area (Å²) in [6, 6.07) is 5.41. The first-order valence-electron chi connectivity index (χ1n) is 8.37. The number of ether oxygens (including phenoxy) is 2. The number of carbonyl (C=O) groups is 1. The van der Waals surface area contributed by atoms with Crippen molar-refractivity contribution in [1.82, 2.24) is 9.88 Å². The zero-order chi connectivity index (χ0) is 18.9. The van der Waals surface area contributed by atoms with Crippen LogP contribution in [0.15, 0.2) is 28.7 Å². The molecule has 8 heteroatoms. The maximum Gasteiger partial charge on any atom is 0.260 e. The van der Waals surface area contributed by atoms with E-state index in [9.17, 15) is 4.79 Å². The third kappa shape index (κ3) is 5.45. The first-order chi connectivity index (χ1) is 12.6. The van der Waals surface area contributed by atoms with E-state index in [-0.39, 0.29) is 12.5 Å². The zero-order valence-corrected chi connectivity index (χ0v) is 16.3. The zero-order valence-electron chi connectivity index (χ0n) is 15.5. The maximum atomic E-state index is 12.0. The molecule has 1 heterocycles. The lowest BCUT2D eigenvalue weighted by Gasteiger charge is -2.19. The van der Waals surface area contributed by atoms with Crippen LogP contribution in [0.25, 0.3) is 0 Å². The number of hydrazone groups is 1. The second-order valence-electron chi connectivity index (χ2n) is 5.43. The van der Waals surface area contributed by atoms with E-state index in [4.69, 9.17) is 9.47 Å². The third-order valence-corrected chi connectivity index (χ3v) is 4.51. The molecule has 1 aromatic heterocycles. The molecule has 1 amide bonds. The summed E-state index contributed by atoms with van der Waals surface area (Å²) in [4.78, 5) is 18.0. The molecule has 0 bridgehead atoms. The van der Waals surface area contributed by atoms with Crippen LogP contribution in [0, 0.1) is 6.92 Å². The number of hydrogen-bond donors (Lipinski definition) is 1. The fraction of sp³-hybridized carbons (Fsp3) is 0.389. The lowest BCUT2D eigenvalue weighted by atomic mass is 10.2. The second kappa shape index (κ2) is 9.76. The minimum Gasteiger partial charge on any atom is -0.493 e. The molecule has 0 radical (unpaired) electrons. The number of aryl methyl sites for hydroxylation is 1. The fourth-order valence-electron chi connectivity index (χ4n) is 2.26. The number of thiazole rings is 1. The van der Waals surface area contributed by atoms with Gasteiger partial charge in [-0.15, -0.1) is 11.3 Å². The van der Waals surface area contributed by atoms with Gasteiger partial charge in [0.05, 0.1) is 19.0 Å². The van der Waals surface area contributed by atoms with Gasteiger partial charge in [0.25, 0.3) is 5.91 Å². The molecule has 7 nitrogen and oxygen atoms in total. The summed E-state index contributed by atoms with van der Waals surface area (Å²) in [5.41, 5.74) is 4.68. The smallest absolute Gasteiger partial charge is 0.260 e. The fourth-order valence-corrected chi connectivity index (χ4v) is 2.90. The van der Waals surface area contributed by atoms with E-state index in [1.54, 1.807) is 30.4 Å². The summed E-state index contributed by atoms with van der Waals surface area (Å²) >= 11 is 1.49. The Morgan fingerprint density at radius 1 is 1.35 bits per heavy atom. The Morgan fingerprint density at radius 2 is 2.12 bits per heavy atom. The number of methoxy groups -OCH3 is 1. The highest BCUT2D eigenvalue weighted by Gasteiger charge is 2.12. The van der Waals surface area contributed by atoms with E-state index in [2.05, 4.69) is 15.5 Å². The van der Waals surface area contributed by atoms with Gasteiger partial charge in [0.15, 0.2) is 18.1 Å². The Hall–Kier alpha value is -2.61. The van der Waals surface area contributed by atoms with Gasteiger partial charge in [0.2, 0.25) is 5.13 Å². The number of nitrogens with zero attached hydrogens (tertiary/aromatic N) is 3. The Morgan fingerprint density at radius 3 is 2.73 bits per heavy atom. The van der Waals surface area contributed by atoms with Crippen molar-refractivity contribution < 1.29 is 14.3 Å². The SMILES string of the molecule is CCN(CC)C(=O)COc1ccc(C=NNc2nc(C)cs2)cc1OC. The number of benzene rings is 1. The molecule has 0 spiro atoms. The minimum atomic E-state index is -0.0503. The molecule has 2 aromatic rings. The van der Waals surface area contributed by atoms with Crippen molar-refractivity contribution in [2.75, 3.05) is 32.2 Å². The number of carbonyl (C=O) groups excluding carboxylic acids is 1. The Bertz CT molecular complexity index is 757. The van der Waals surface area contributed by atoms with Crippen LogP contribution >= 0.6 is 11.3 Å². The number of anilines is 1. The van der Waals surface area contributed by atoms with Crippen LogP contribution in [0.3, 0.4) is 0 Å². The molecule has 140 valence electrons. The van der Waals surface area contributed by atoms with Crippen LogP contribution in [0.1, 0.15) is 25.1 Å². The quantitative estimate of drug-likeness (QED) is 0.537. The third-order valence-electron chi connectivity index (χ3n) is 3.65. The van der Waals surface area contributed by atoms with Crippen LogP contribution in [0.2, 0.25) is 0 Å². The van der Waals surface area contributed by atoms with Gasteiger partial charge >= 0.3 is 0 Å². The van der Waals surface area contributed by atoms with E-state index in [0.29, 0.717) is 24.6 Å². The lowest BCUT2D eigenvalue weighted by Crippen LogP contribution is -2.34. The molecule has 1 aromatic carbocycles. The first-order valence-corrected chi connectivity index (χ1v) is 9.25. The van der Waals surface area contributed by atoms with Crippen LogP contribution in [-0.2, 0) is 4.79 Å². The van der Waals surface area contributed by atoms with Gasteiger partial charge in [-0.2, -0.15) is 5.10 Å². The Balaban J connectivity index is 1.98. The Kier molecular flexibility index (Phi) is 7.40. The van der Waals surface area contributed by atoms with Gasteiger partial charge in [0.1, 0.15) is 0 Å². The molecule has 26 heavy (non-hydrogen) atoms. The van der Waals surface area contributed by atoms with Crippen LogP contribution in [0.4, 0.5) is 5.13 Å². The highest BCUT2D eigenvalue weighted by atomic mass is 32.1. The maximum absolute atomic E-state index is 12.0. The number of aromatic nitrogens is 1. The summed E-state index contributed by atoms with van der Waals surface area (Å²) in [7, 11) is 1.56. The van der Waals surface area contributed by atoms with Crippen LogP contribution < -0.4 is 14.9 Å². The summed E-state index contributed by atoms with van der Waals surface area (Å²) < 4.78 is 11.0. The summed E-state index contributed by atoms with van der Waals surface area (Å²) in [6.07, 6.45) is 1.67. The molecule has 0 saturated heterocycles. The number of likely N-dealkylation sites (N-methyl/N-ethyl adjacent to an activating group) is 1. The molecule has 0 fully saturated rings.